The fourth-order valence-corrected chi connectivity index (χ4v) is 5.79. The highest BCUT2D eigenvalue weighted by Gasteiger charge is 2.61. The van der Waals surface area contributed by atoms with E-state index in [1.54, 1.807) is 16.9 Å². The number of hydrogen-bond acceptors (Lipinski definition) is 3. The summed E-state index contributed by atoms with van der Waals surface area (Å²) < 4.78 is 31.1. The summed E-state index contributed by atoms with van der Waals surface area (Å²) >= 11 is 6.21. The zero-order chi connectivity index (χ0) is 21.8. The molecule has 164 valence electrons. The van der Waals surface area contributed by atoms with Gasteiger partial charge in [0.05, 0.1) is 12.0 Å². The Morgan fingerprint density at radius 2 is 2.00 bits per heavy atom. The average Bonchev–Trinajstić information content (AvgIpc) is 3.65. The van der Waals surface area contributed by atoms with Crippen molar-refractivity contribution < 1.29 is 13.6 Å². The van der Waals surface area contributed by atoms with E-state index in [0.29, 0.717) is 23.7 Å². The molecule has 3 aliphatic carbocycles. The van der Waals surface area contributed by atoms with Crippen molar-refractivity contribution in [3.63, 3.8) is 0 Å². The minimum atomic E-state index is -2.83. The number of alkyl halides is 2. The largest absolute Gasteiger partial charge is 0.305 e. The van der Waals surface area contributed by atoms with E-state index in [2.05, 4.69) is 16.1 Å². The van der Waals surface area contributed by atoms with Crippen molar-refractivity contribution in [3.8, 4) is 0 Å². The van der Waals surface area contributed by atoms with Gasteiger partial charge in [-0.1, -0.05) is 23.7 Å². The summed E-state index contributed by atoms with van der Waals surface area (Å²) in [5, 5.41) is 4.67. The summed E-state index contributed by atoms with van der Waals surface area (Å²) in [6.45, 7) is -0.503. The Bertz CT molecular complexity index is 1300. The molecule has 1 amide bonds. The quantitative estimate of drug-likeness (QED) is 0.540. The molecule has 3 aromatic rings. The van der Waals surface area contributed by atoms with Crippen molar-refractivity contribution in [2.45, 2.75) is 55.3 Å². The zero-order valence-electron chi connectivity index (χ0n) is 17.3. The van der Waals surface area contributed by atoms with Gasteiger partial charge in [-0.25, -0.2) is 18.3 Å². The summed E-state index contributed by atoms with van der Waals surface area (Å²) in [5.41, 5.74) is 3.98. The first-order chi connectivity index (χ1) is 15.4. The van der Waals surface area contributed by atoms with Gasteiger partial charge in [0.15, 0.2) is 5.65 Å². The summed E-state index contributed by atoms with van der Waals surface area (Å²) in [7, 11) is 0. The maximum atomic E-state index is 14.7. The highest BCUT2D eigenvalue weighted by molar-refractivity contribution is 6.29. The number of halogens is 3. The number of anilines is 1. The van der Waals surface area contributed by atoms with Crippen LogP contribution in [0.5, 0.6) is 0 Å². The molecule has 0 unspecified atom stereocenters. The lowest BCUT2D eigenvalue weighted by Gasteiger charge is -2.25. The highest BCUT2D eigenvalue weighted by atomic mass is 35.5. The van der Waals surface area contributed by atoms with Gasteiger partial charge in [-0.2, -0.15) is 5.10 Å². The van der Waals surface area contributed by atoms with Crippen LogP contribution in [0.15, 0.2) is 36.7 Å². The number of amides is 1. The molecule has 32 heavy (non-hydrogen) atoms. The lowest BCUT2D eigenvalue weighted by atomic mass is 9.95. The van der Waals surface area contributed by atoms with Crippen molar-refractivity contribution in [1.82, 2.24) is 14.6 Å². The maximum absolute atomic E-state index is 14.7. The molecule has 3 saturated carbocycles. The number of imidazole rings is 1. The fourth-order valence-electron chi connectivity index (χ4n) is 5.59. The number of rotatable bonds is 5. The molecule has 0 saturated heterocycles. The number of aromatic nitrogens is 3. The second-order valence-electron chi connectivity index (χ2n) is 9.85. The average molecular weight is 455 g/mol. The van der Waals surface area contributed by atoms with E-state index in [0.717, 1.165) is 41.6 Å². The van der Waals surface area contributed by atoms with Gasteiger partial charge in [0.2, 0.25) is 5.91 Å². The number of carbonyl (C=O) groups is 1. The van der Waals surface area contributed by atoms with Gasteiger partial charge in [0.25, 0.3) is 5.92 Å². The molecule has 7 rings (SSSR count). The molecular weight excluding hydrogens is 434 g/mol. The van der Waals surface area contributed by atoms with Gasteiger partial charge in [-0.05, 0) is 67.2 Å². The van der Waals surface area contributed by atoms with Crippen LogP contribution in [0.3, 0.4) is 0 Å². The molecule has 5 nitrogen and oxygen atoms in total. The van der Waals surface area contributed by atoms with Crippen molar-refractivity contribution >= 4 is 28.8 Å². The molecule has 0 N–H and O–H groups in total. The number of hydrogen-bond donors (Lipinski definition) is 0. The summed E-state index contributed by atoms with van der Waals surface area (Å²) in [6.07, 6.45) is 7.01. The van der Waals surface area contributed by atoms with Gasteiger partial charge in [-0.3, -0.25) is 4.79 Å². The molecule has 0 radical (unpaired) electrons. The van der Waals surface area contributed by atoms with Gasteiger partial charge >= 0.3 is 0 Å². The third kappa shape index (κ3) is 2.63. The maximum Gasteiger partial charge on any atom is 0.268 e. The minimum absolute atomic E-state index is 0.141. The van der Waals surface area contributed by atoms with E-state index in [1.807, 2.05) is 18.2 Å². The van der Waals surface area contributed by atoms with E-state index < -0.39 is 23.8 Å². The van der Waals surface area contributed by atoms with Crippen LogP contribution in [0, 0.1) is 5.92 Å². The molecular formula is C24H21ClF2N4O. The highest BCUT2D eigenvalue weighted by Crippen LogP contribution is 2.61. The molecule has 2 aromatic heterocycles. The number of carbonyl (C=O) groups excluding carboxylic acids is 1. The molecule has 8 heteroatoms. The summed E-state index contributed by atoms with van der Waals surface area (Å²) in [4.78, 5) is 19.0. The second-order valence-corrected chi connectivity index (χ2v) is 10.2. The fraction of sp³-hybridized carbons (Fsp3) is 0.458. The van der Waals surface area contributed by atoms with E-state index >= 15 is 0 Å². The monoisotopic (exact) mass is 454 g/mol. The zero-order valence-corrected chi connectivity index (χ0v) is 18.0. The van der Waals surface area contributed by atoms with Gasteiger partial charge in [0, 0.05) is 29.6 Å². The summed E-state index contributed by atoms with van der Waals surface area (Å²) in [6, 6.07) is 7.93. The predicted octanol–water partition coefficient (Wildman–Crippen LogP) is 5.08. The van der Waals surface area contributed by atoms with Crippen LogP contribution in [0.4, 0.5) is 14.5 Å². The molecule has 3 fully saturated rings. The second kappa shape index (κ2) is 6.07. The van der Waals surface area contributed by atoms with Crippen LogP contribution in [0.25, 0.3) is 5.65 Å². The van der Waals surface area contributed by atoms with Crippen molar-refractivity contribution in [2.24, 2.45) is 5.92 Å². The standard InChI is InChI=1S/C24H21ClF2N4O/c25-20-11-17(21-28-7-8-31(21)29-20)16-10-15(16)13-1-4-18-19(9-13)30(22(32)23(18)5-6-23)12-24(26,27)14-2-3-14/h1,4,7-9,11,14-16H,2-3,5-6,10,12H2/t15-,16+/m1/s1. The van der Waals surface area contributed by atoms with E-state index in [9.17, 15) is 13.6 Å². The van der Waals surface area contributed by atoms with E-state index in [4.69, 9.17) is 11.6 Å². The van der Waals surface area contributed by atoms with Crippen LogP contribution in [-0.4, -0.2) is 33.0 Å². The Hall–Kier alpha value is -2.54. The Morgan fingerprint density at radius 3 is 2.75 bits per heavy atom. The number of benzene rings is 1. The van der Waals surface area contributed by atoms with Crippen molar-refractivity contribution in [1.29, 1.82) is 0 Å². The third-order valence-electron chi connectivity index (χ3n) is 7.75. The molecule has 1 spiro atoms. The number of fused-ring (bicyclic) bond motifs is 3. The topological polar surface area (TPSA) is 50.5 Å². The van der Waals surface area contributed by atoms with Crippen LogP contribution in [-0.2, 0) is 10.2 Å². The van der Waals surface area contributed by atoms with Crippen LogP contribution in [0.1, 0.15) is 60.6 Å². The van der Waals surface area contributed by atoms with Crippen LogP contribution >= 0.6 is 11.6 Å². The first-order valence-electron chi connectivity index (χ1n) is 11.2. The first kappa shape index (κ1) is 19.0. The Balaban J connectivity index is 1.24. The van der Waals surface area contributed by atoms with E-state index in [1.165, 1.54) is 4.90 Å². The predicted molar refractivity (Wildman–Crippen MR) is 115 cm³/mol. The SMILES string of the molecule is O=C1N(CC(F)(F)C2CC2)c2cc([C@H]3C[C@@H]3c3cc(Cl)nn4ccnc34)ccc2C12CC2. The lowest BCUT2D eigenvalue weighted by Crippen LogP contribution is -2.42. The molecule has 0 bridgehead atoms. The molecule has 4 aliphatic rings. The van der Waals surface area contributed by atoms with Gasteiger partial charge in [-0.15, -0.1) is 0 Å². The Labute approximate surface area is 188 Å². The smallest absolute Gasteiger partial charge is 0.268 e. The Kier molecular flexibility index (Phi) is 3.60. The lowest BCUT2D eigenvalue weighted by molar-refractivity contribution is -0.121. The first-order valence-corrected chi connectivity index (χ1v) is 11.6. The minimum Gasteiger partial charge on any atom is -0.305 e. The molecule has 1 aliphatic heterocycles. The van der Waals surface area contributed by atoms with Gasteiger partial charge in [0.1, 0.15) is 5.15 Å². The molecule has 1 aromatic carbocycles. The van der Waals surface area contributed by atoms with Gasteiger partial charge < -0.3 is 4.90 Å². The van der Waals surface area contributed by atoms with Crippen LogP contribution in [0.2, 0.25) is 5.15 Å². The number of nitrogens with zero attached hydrogens (tertiary/aromatic N) is 4. The molecule has 3 heterocycles. The molecule has 2 atom stereocenters. The normalized spacial score (nSPS) is 25.6. The van der Waals surface area contributed by atoms with Crippen LogP contribution < -0.4 is 4.90 Å². The summed E-state index contributed by atoms with van der Waals surface area (Å²) in [5.74, 6) is -3.06. The van der Waals surface area contributed by atoms with Crippen molar-refractivity contribution in [2.75, 3.05) is 11.4 Å². The Morgan fingerprint density at radius 1 is 1.19 bits per heavy atom. The third-order valence-corrected chi connectivity index (χ3v) is 7.94. The van der Waals surface area contributed by atoms with E-state index in [-0.39, 0.29) is 17.7 Å². The van der Waals surface area contributed by atoms with Crippen molar-refractivity contribution in [3.05, 3.63) is 58.5 Å².